The van der Waals surface area contributed by atoms with Crippen molar-refractivity contribution in [1.82, 2.24) is 4.98 Å². The number of nitrogens with zero attached hydrogens (tertiary/aromatic N) is 1. The van der Waals surface area contributed by atoms with Crippen LogP contribution in [0, 0.1) is 6.92 Å². The third-order valence-electron chi connectivity index (χ3n) is 2.92. The molecule has 0 spiro atoms. The van der Waals surface area contributed by atoms with Crippen molar-refractivity contribution in [2.45, 2.75) is 19.9 Å². The van der Waals surface area contributed by atoms with E-state index in [9.17, 15) is 0 Å². The number of fused-ring (bicyclic) bond motifs is 1. The van der Waals surface area contributed by atoms with Crippen LogP contribution in [0.25, 0.3) is 10.2 Å². The highest BCUT2D eigenvalue weighted by Crippen LogP contribution is 2.27. The van der Waals surface area contributed by atoms with Crippen molar-refractivity contribution in [1.29, 1.82) is 0 Å². The monoisotopic (exact) mass is 258 g/mol. The Morgan fingerprint density at radius 1 is 1.33 bits per heavy atom. The number of anilines is 1. The lowest BCUT2D eigenvalue weighted by molar-refractivity contribution is 0.562. The molecule has 1 N–H and O–H groups in total. The number of benzene rings is 1. The Balaban J connectivity index is 1.86. The van der Waals surface area contributed by atoms with E-state index in [1.807, 2.05) is 13.0 Å². The molecule has 92 valence electrons. The molecule has 0 aliphatic carbocycles. The average Bonchev–Trinajstić information content (AvgIpc) is 2.95. The molecule has 0 fully saturated rings. The summed E-state index contributed by atoms with van der Waals surface area (Å²) in [6.45, 7) is 4.15. The number of nitrogens with one attached hydrogen (secondary N) is 1. The molecule has 4 heteroatoms. The number of aromatic nitrogens is 1. The van der Waals surface area contributed by atoms with Crippen LogP contribution in [0.1, 0.15) is 23.5 Å². The minimum absolute atomic E-state index is 0.232. The molecule has 2 heterocycles. The van der Waals surface area contributed by atoms with Crippen molar-refractivity contribution in [3.05, 3.63) is 47.4 Å². The zero-order chi connectivity index (χ0) is 12.5. The number of thiazole rings is 1. The first-order chi connectivity index (χ1) is 8.72. The molecule has 0 radical (unpaired) electrons. The third kappa shape index (κ3) is 2.11. The lowest BCUT2D eigenvalue weighted by Crippen LogP contribution is -2.05. The maximum atomic E-state index is 5.10. The van der Waals surface area contributed by atoms with E-state index in [4.69, 9.17) is 4.42 Å². The van der Waals surface area contributed by atoms with Crippen molar-refractivity contribution >= 4 is 27.2 Å². The zero-order valence-electron chi connectivity index (χ0n) is 10.3. The van der Waals surface area contributed by atoms with Gasteiger partial charge in [0.15, 0.2) is 0 Å². The van der Waals surface area contributed by atoms with E-state index in [-0.39, 0.29) is 6.04 Å². The van der Waals surface area contributed by atoms with Crippen molar-refractivity contribution in [2.75, 3.05) is 5.32 Å². The van der Waals surface area contributed by atoms with Gasteiger partial charge in [-0.05, 0) is 38.1 Å². The summed E-state index contributed by atoms with van der Waals surface area (Å²) in [7, 11) is 0. The minimum atomic E-state index is 0.232. The molecule has 3 rings (SSSR count). The minimum Gasteiger partial charge on any atom is -0.472 e. The molecule has 0 aliphatic heterocycles. The number of aryl methyl sites for hydroxylation is 1. The van der Waals surface area contributed by atoms with Crippen LogP contribution in [0.4, 0.5) is 5.69 Å². The Labute approximate surface area is 109 Å². The second-order valence-electron chi connectivity index (χ2n) is 4.34. The normalized spacial score (nSPS) is 12.8. The van der Waals surface area contributed by atoms with Crippen molar-refractivity contribution in [2.24, 2.45) is 0 Å². The van der Waals surface area contributed by atoms with Gasteiger partial charge < -0.3 is 9.73 Å². The molecule has 1 unspecified atom stereocenters. The van der Waals surface area contributed by atoms with Gasteiger partial charge in [0.1, 0.15) is 0 Å². The first-order valence-corrected chi connectivity index (χ1v) is 6.70. The van der Waals surface area contributed by atoms with Gasteiger partial charge in [-0.15, -0.1) is 11.3 Å². The van der Waals surface area contributed by atoms with Crippen molar-refractivity contribution < 1.29 is 4.42 Å². The highest BCUT2D eigenvalue weighted by molar-refractivity contribution is 7.18. The summed E-state index contributed by atoms with van der Waals surface area (Å²) in [5.41, 5.74) is 3.33. The predicted molar refractivity (Wildman–Crippen MR) is 75.1 cm³/mol. The van der Waals surface area contributed by atoms with Crippen LogP contribution in [0.5, 0.6) is 0 Å². The third-order valence-corrected chi connectivity index (χ3v) is 3.86. The molecule has 0 aliphatic rings. The van der Waals surface area contributed by atoms with Gasteiger partial charge in [-0.2, -0.15) is 0 Å². The molecule has 1 aromatic carbocycles. The van der Waals surface area contributed by atoms with Gasteiger partial charge in [0.05, 0.1) is 33.8 Å². The summed E-state index contributed by atoms with van der Waals surface area (Å²) >= 11 is 1.72. The molecular weight excluding hydrogens is 244 g/mol. The summed E-state index contributed by atoms with van der Waals surface area (Å²) in [4.78, 5) is 4.46. The molecule has 0 bridgehead atoms. The van der Waals surface area contributed by atoms with Gasteiger partial charge in [0.25, 0.3) is 0 Å². The molecule has 3 aromatic rings. The van der Waals surface area contributed by atoms with Crippen LogP contribution in [-0.2, 0) is 0 Å². The lowest BCUT2D eigenvalue weighted by Gasteiger charge is -2.13. The van der Waals surface area contributed by atoms with E-state index in [1.165, 1.54) is 4.70 Å². The van der Waals surface area contributed by atoms with E-state index in [0.717, 1.165) is 21.8 Å². The fraction of sp³-hybridized carbons (Fsp3) is 0.214. The van der Waals surface area contributed by atoms with E-state index in [0.29, 0.717) is 0 Å². The lowest BCUT2D eigenvalue weighted by atomic mass is 10.1. The molecule has 2 aromatic heterocycles. The molecular formula is C14H14N2OS. The average molecular weight is 258 g/mol. The maximum Gasteiger partial charge on any atom is 0.0955 e. The molecule has 0 saturated carbocycles. The SMILES string of the molecule is Cc1nc2ccc(NC(C)c3ccoc3)cc2s1. The molecule has 1 atom stereocenters. The smallest absolute Gasteiger partial charge is 0.0955 e. The Morgan fingerprint density at radius 2 is 2.22 bits per heavy atom. The van der Waals surface area contributed by atoms with Gasteiger partial charge in [0, 0.05) is 11.3 Å². The van der Waals surface area contributed by atoms with Crippen LogP contribution < -0.4 is 5.32 Å². The summed E-state index contributed by atoms with van der Waals surface area (Å²) < 4.78 is 6.32. The zero-order valence-corrected chi connectivity index (χ0v) is 11.1. The van der Waals surface area contributed by atoms with Gasteiger partial charge in [-0.3, -0.25) is 0 Å². The van der Waals surface area contributed by atoms with E-state index < -0.39 is 0 Å². The summed E-state index contributed by atoms with van der Waals surface area (Å²) in [5, 5.41) is 4.57. The Hall–Kier alpha value is -1.81. The van der Waals surface area contributed by atoms with Gasteiger partial charge in [0.2, 0.25) is 0 Å². The first-order valence-electron chi connectivity index (χ1n) is 5.88. The predicted octanol–water partition coefficient (Wildman–Crippen LogP) is 4.37. The number of hydrogen-bond donors (Lipinski definition) is 1. The number of furan rings is 1. The Kier molecular flexibility index (Phi) is 2.80. The second-order valence-corrected chi connectivity index (χ2v) is 5.57. The molecule has 18 heavy (non-hydrogen) atoms. The van der Waals surface area contributed by atoms with Gasteiger partial charge >= 0.3 is 0 Å². The molecule has 0 saturated heterocycles. The van der Waals surface area contributed by atoms with E-state index in [1.54, 1.807) is 23.9 Å². The molecule has 0 amide bonds. The summed E-state index contributed by atoms with van der Waals surface area (Å²) in [5.74, 6) is 0. The van der Waals surface area contributed by atoms with Crippen molar-refractivity contribution in [3.63, 3.8) is 0 Å². The maximum absolute atomic E-state index is 5.10. The standard InChI is InChI=1S/C14H14N2OS/c1-9(11-5-6-17-8-11)15-12-3-4-13-14(7-12)18-10(2)16-13/h3-9,15H,1-2H3. The van der Waals surface area contributed by atoms with E-state index in [2.05, 4.69) is 35.4 Å². The Bertz CT molecular complexity index is 658. The second kappa shape index (κ2) is 4.46. The number of rotatable bonds is 3. The highest BCUT2D eigenvalue weighted by atomic mass is 32.1. The van der Waals surface area contributed by atoms with Crippen LogP contribution in [0.2, 0.25) is 0 Å². The quantitative estimate of drug-likeness (QED) is 0.758. The van der Waals surface area contributed by atoms with Crippen LogP contribution in [0.15, 0.2) is 41.2 Å². The fourth-order valence-electron chi connectivity index (χ4n) is 1.98. The van der Waals surface area contributed by atoms with Crippen molar-refractivity contribution in [3.8, 4) is 0 Å². The first kappa shape index (κ1) is 11.3. The highest BCUT2D eigenvalue weighted by Gasteiger charge is 2.07. The van der Waals surface area contributed by atoms with Gasteiger partial charge in [-0.25, -0.2) is 4.98 Å². The van der Waals surface area contributed by atoms with Crippen LogP contribution in [-0.4, -0.2) is 4.98 Å². The van der Waals surface area contributed by atoms with E-state index >= 15 is 0 Å². The largest absolute Gasteiger partial charge is 0.472 e. The summed E-state index contributed by atoms with van der Waals surface area (Å²) in [6, 6.07) is 8.49. The molecule has 3 nitrogen and oxygen atoms in total. The fourth-order valence-corrected chi connectivity index (χ4v) is 2.85. The van der Waals surface area contributed by atoms with Gasteiger partial charge in [-0.1, -0.05) is 0 Å². The van der Waals surface area contributed by atoms with Crippen LogP contribution >= 0.6 is 11.3 Å². The number of hydrogen-bond acceptors (Lipinski definition) is 4. The van der Waals surface area contributed by atoms with Crippen LogP contribution in [0.3, 0.4) is 0 Å². The topological polar surface area (TPSA) is 38.1 Å². The Morgan fingerprint density at radius 3 is 3.00 bits per heavy atom. The summed E-state index contributed by atoms with van der Waals surface area (Å²) in [6.07, 6.45) is 3.47.